The molecule has 30 heavy (non-hydrogen) atoms. The predicted molar refractivity (Wildman–Crippen MR) is 120 cm³/mol. The van der Waals surface area contributed by atoms with Gasteiger partial charge in [0.05, 0.1) is 14.2 Å². The number of aromatic nitrogens is 1. The lowest BCUT2D eigenvalue weighted by molar-refractivity contribution is -0.214. The molecular weight excluding hydrogens is 445 g/mol. The van der Waals surface area contributed by atoms with Crippen LogP contribution in [-0.4, -0.2) is 29.0 Å². The summed E-state index contributed by atoms with van der Waals surface area (Å²) >= 11 is 0. The largest absolute Gasteiger partial charge is 0.756 e. The minimum absolute atomic E-state index is 0.861. The molecule has 0 amide bonds. The molecular formula is C20H20NO6PS2. The average Bonchev–Trinajstić information content (AvgIpc) is 3.18. The van der Waals surface area contributed by atoms with E-state index >= 15 is 0 Å². The Bertz CT molecular complexity index is 946. The molecule has 1 aromatic heterocycles. The minimum atomic E-state index is -4.89. The van der Waals surface area contributed by atoms with Gasteiger partial charge in [-0.3, -0.25) is 4.57 Å². The van der Waals surface area contributed by atoms with E-state index < -0.39 is 7.82 Å². The molecule has 0 spiro atoms. The van der Waals surface area contributed by atoms with Gasteiger partial charge < -0.3 is 24.2 Å². The predicted octanol–water partition coefficient (Wildman–Crippen LogP) is 4.28. The van der Waals surface area contributed by atoms with Gasteiger partial charge in [-0.05, 0) is 47.5 Å². The normalized spacial score (nSPS) is 11.4. The number of benzene rings is 2. The Labute approximate surface area is 181 Å². The Morgan fingerprint density at radius 1 is 0.900 bits per heavy atom. The number of nitrogens with zero attached hydrogens (tertiary/aromatic N) is 1. The Kier molecular flexibility index (Phi) is 9.32. The fourth-order valence-electron chi connectivity index (χ4n) is 2.13. The summed E-state index contributed by atoms with van der Waals surface area (Å²) in [4.78, 5) is 27.5. The maximum absolute atomic E-state index is 8.77. The van der Waals surface area contributed by atoms with E-state index in [9.17, 15) is 0 Å². The lowest BCUT2D eigenvalue weighted by Crippen LogP contribution is -1.94. The number of hydrogen-bond acceptors (Lipinski definition) is 6. The topological polar surface area (TPSA) is 112 Å². The molecule has 0 bridgehead atoms. The second-order valence-corrected chi connectivity index (χ2v) is 8.81. The molecule has 0 saturated heterocycles. The number of rotatable bonds is 6. The van der Waals surface area contributed by atoms with E-state index in [1.165, 1.54) is 0 Å². The lowest BCUT2D eigenvalue weighted by atomic mass is 10.2. The van der Waals surface area contributed by atoms with Gasteiger partial charge in [0.2, 0.25) is 0 Å². The van der Waals surface area contributed by atoms with Crippen LogP contribution in [0.15, 0.2) is 48.5 Å². The van der Waals surface area contributed by atoms with Gasteiger partial charge in [-0.15, -0.1) is 0 Å². The molecule has 2 aromatic carbocycles. The first-order valence-electron chi connectivity index (χ1n) is 8.48. The van der Waals surface area contributed by atoms with Crippen molar-refractivity contribution in [3.63, 3.8) is 0 Å². The standard InChI is InChI=1S/C20H18NO2S2.H3O4P/c1-22-17-9-3-15(4-10-17)7-13-19-21-20(25-24-19)14-8-16-5-11-18(23-2)12-6-16;1-5(2,3)4/h3-14H,1-2H3;(H3,1,2,3,4)/q+1;/p-1/b13-7+,14-8+;. The van der Waals surface area contributed by atoms with E-state index in [4.69, 9.17) is 28.7 Å². The SMILES string of the molecule is COc1ccc(/C=C/c2nc(/C=C/c3ccc(OC)cc3)[s+]s2)cc1.O=P([O-])(O)O. The van der Waals surface area contributed by atoms with Gasteiger partial charge in [0.1, 0.15) is 11.5 Å². The van der Waals surface area contributed by atoms with Crippen LogP contribution >= 0.6 is 28.5 Å². The summed E-state index contributed by atoms with van der Waals surface area (Å²) in [6.07, 6.45) is 8.19. The van der Waals surface area contributed by atoms with E-state index in [0.29, 0.717) is 0 Å². The fourth-order valence-corrected chi connectivity index (χ4v) is 3.94. The van der Waals surface area contributed by atoms with Crippen LogP contribution in [0.2, 0.25) is 0 Å². The van der Waals surface area contributed by atoms with Crippen LogP contribution in [0.25, 0.3) is 24.3 Å². The molecule has 0 fully saturated rings. The van der Waals surface area contributed by atoms with Gasteiger partial charge in [0.15, 0.2) is 15.3 Å². The number of methoxy groups -OCH3 is 2. The molecule has 0 aliphatic rings. The van der Waals surface area contributed by atoms with Crippen molar-refractivity contribution in [3.05, 3.63) is 69.7 Å². The first-order chi connectivity index (χ1) is 14.3. The van der Waals surface area contributed by atoms with Gasteiger partial charge in [0.25, 0.3) is 7.82 Å². The zero-order valence-electron chi connectivity index (χ0n) is 16.2. The summed E-state index contributed by atoms with van der Waals surface area (Å²) in [5.41, 5.74) is 2.24. The van der Waals surface area contributed by atoms with Crippen LogP contribution in [0.4, 0.5) is 0 Å². The quantitative estimate of drug-likeness (QED) is 0.317. The summed E-state index contributed by atoms with van der Waals surface area (Å²) in [5.74, 6) is 1.72. The monoisotopic (exact) mass is 465 g/mol. The van der Waals surface area contributed by atoms with Crippen molar-refractivity contribution in [1.82, 2.24) is 4.98 Å². The molecule has 2 N–H and O–H groups in total. The maximum atomic E-state index is 8.77. The molecule has 0 atom stereocenters. The summed E-state index contributed by atoms with van der Waals surface area (Å²) in [5, 5.41) is 1.99. The van der Waals surface area contributed by atoms with E-state index in [-0.39, 0.29) is 0 Å². The molecule has 0 saturated carbocycles. The highest BCUT2D eigenvalue weighted by molar-refractivity contribution is 7.69. The third-order valence-corrected chi connectivity index (χ3v) is 5.66. The molecule has 0 aliphatic carbocycles. The van der Waals surface area contributed by atoms with Crippen molar-refractivity contribution in [2.24, 2.45) is 0 Å². The van der Waals surface area contributed by atoms with Gasteiger partial charge in [0, 0.05) is 6.08 Å². The maximum Gasteiger partial charge on any atom is 0.341 e. The van der Waals surface area contributed by atoms with Gasteiger partial charge in [-0.1, -0.05) is 30.3 Å². The van der Waals surface area contributed by atoms with Crippen molar-refractivity contribution in [2.75, 3.05) is 14.2 Å². The van der Waals surface area contributed by atoms with Crippen LogP contribution < -0.4 is 14.4 Å². The highest BCUT2D eigenvalue weighted by atomic mass is 32.9. The Morgan fingerprint density at radius 3 is 1.77 bits per heavy atom. The first-order valence-corrected chi connectivity index (χ1v) is 12.2. The summed E-state index contributed by atoms with van der Waals surface area (Å²) in [6.45, 7) is 0. The second-order valence-electron chi connectivity index (χ2n) is 5.66. The Balaban J connectivity index is 0.000000575. The van der Waals surface area contributed by atoms with E-state index in [1.54, 1.807) is 34.9 Å². The van der Waals surface area contributed by atoms with Crippen LogP contribution in [0.5, 0.6) is 11.5 Å². The van der Waals surface area contributed by atoms with Crippen molar-refractivity contribution in [3.8, 4) is 11.5 Å². The zero-order valence-corrected chi connectivity index (χ0v) is 18.7. The number of ether oxygens (including phenoxy) is 2. The van der Waals surface area contributed by atoms with Crippen LogP contribution in [0.3, 0.4) is 0 Å². The third kappa shape index (κ3) is 9.41. The smallest absolute Gasteiger partial charge is 0.341 e. The van der Waals surface area contributed by atoms with Gasteiger partial charge in [-0.25, -0.2) is 0 Å². The summed E-state index contributed by atoms with van der Waals surface area (Å²) in [6, 6.07) is 15.9. The molecule has 3 aromatic rings. The molecule has 0 aliphatic heterocycles. The molecule has 0 unspecified atom stereocenters. The second kappa shape index (κ2) is 11.7. The zero-order chi connectivity index (χ0) is 22.0. The summed E-state index contributed by atoms with van der Waals surface area (Å²) < 4.78 is 19.1. The molecule has 3 rings (SSSR count). The van der Waals surface area contributed by atoms with Crippen LogP contribution in [0, 0.1) is 0 Å². The van der Waals surface area contributed by atoms with E-state index in [0.717, 1.165) is 32.6 Å². The van der Waals surface area contributed by atoms with Crippen molar-refractivity contribution in [2.45, 2.75) is 0 Å². The van der Waals surface area contributed by atoms with Gasteiger partial charge in [-0.2, -0.15) is 4.98 Å². The van der Waals surface area contributed by atoms with Crippen molar-refractivity contribution < 1.29 is 28.7 Å². The van der Waals surface area contributed by atoms with E-state index in [2.05, 4.69) is 17.1 Å². The Hall–Kier alpha value is -2.39. The first kappa shape index (κ1) is 23.9. The molecule has 158 valence electrons. The van der Waals surface area contributed by atoms with Crippen molar-refractivity contribution >= 4 is 52.8 Å². The molecule has 0 radical (unpaired) electrons. The molecule has 10 heteroatoms. The van der Waals surface area contributed by atoms with Gasteiger partial charge >= 0.3 is 15.3 Å². The Morgan fingerprint density at radius 2 is 1.33 bits per heavy atom. The fraction of sp³-hybridized carbons (Fsp3) is 0.100. The van der Waals surface area contributed by atoms with Crippen LogP contribution in [-0.2, 0) is 4.57 Å². The summed E-state index contributed by atoms with van der Waals surface area (Å²) in [7, 11) is 1.78. The average molecular weight is 465 g/mol. The van der Waals surface area contributed by atoms with Crippen molar-refractivity contribution in [1.29, 1.82) is 0 Å². The molecule has 7 nitrogen and oxygen atoms in total. The highest BCUT2D eigenvalue weighted by Crippen LogP contribution is 2.23. The highest BCUT2D eigenvalue weighted by Gasteiger charge is 2.10. The third-order valence-electron chi connectivity index (χ3n) is 3.50. The minimum Gasteiger partial charge on any atom is -0.756 e. The number of hydrogen-bond donors (Lipinski definition) is 2. The van der Waals surface area contributed by atoms with Crippen LogP contribution in [0.1, 0.15) is 21.1 Å². The van der Waals surface area contributed by atoms with E-state index in [1.807, 2.05) is 60.7 Å². The molecule has 1 heterocycles. The number of phosphoric acid groups is 1. The lowest BCUT2D eigenvalue weighted by Gasteiger charge is -2.01.